The molecular weight excluding hydrogens is 266 g/mol. The van der Waals surface area contributed by atoms with Gasteiger partial charge >= 0.3 is 0 Å². The Morgan fingerprint density at radius 1 is 1.10 bits per heavy atom. The highest BCUT2D eigenvalue weighted by molar-refractivity contribution is 7.19. The second-order valence-electron chi connectivity index (χ2n) is 6.04. The van der Waals surface area contributed by atoms with E-state index in [1.807, 2.05) is 0 Å². The maximum Gasteiger partial charge on any atom is 0.135 e. The van der Waals surface area contributed by atoms with E-state index in [2.05, 4.69) is 16.9 Å². The molecule has 2 N–H and O–H groups in total. The molecule has 2 heterocycles. The fourth-order valence-electron chi connectivity index (χ4n) is 3.26. The Balaban J connectivity index is 0.000000147. The summed E-state index contributed by atoms with van der Waals surface area (Å²) in [5.41, 5.74) is 7.23. The predicted molar refractivity (Wildman–Crippen MR) is 86.1 cm³/mol. The minimum Gasteiger partial charge on any atom is -0.383 e. The largest absolute Gasteiger partial charge is 0.383 e. The molecule has 2 aromatic heterocycles. The quantitative estimate of drug-likeness (QED) is 0.784. The second-order valence-corrected chi connectivity index (χ2v) is 7.12. The Kier molecular flexibility index (Phi) is 4.20. The van der Waals surface area contributed by atoms with Crippen LogP contribution in [0.2, 0.25) is 0 Å². The van der Waals surface area contributed by atoms with Crippen LogP contribution < -0.4 is 5.73 Å². The summed E-state index contributed by atoms with van der Waals surface area (Å²) >= 11 is 1.77. The van der Waals surface area contributed by atoms with Crippen LogP contribution in [0.1, 0.15) is 55.9 Å². The third kappa shape index (κ3) is 2.80. The van der Waals surface area contributed by atoms with Gasteiger partial charge in [-0.05, 0) is 30.7 Å². The lowest BCUT2D eigenvalue weighted by Gasteiger charge is -2.15. The lowest BCUT2D eigenvalue weighted by molar-refractivity contribution is 0.385. The van der Waals surface area contributed by atoms with Crippen molar-refractivity contribution in [2.75, 3.05) is 5.73 Å². The van der Waals surface area contributed by atoms with Crippen molar-refractivity contribution in [1.29, 1.82) is 0 Å². The van der Waals surface area contributed by atoms with Crippen molar-refractivity contribution in [3.63, 3.8) is 0 Å². The van der Waals surface area contributed by atoms with E-state index < -0.39 is 0 Å². The minimum atomic E-state index is 0.643. The van der Waals surface area contributed by atoms with Gasteiger partial charge in [0.2, 0.25) is 0 Å². The topological polar surface area (TPSA) is 51.8 Å². The molecule has 2 aromatic rings. The first-order valence-corrected chi connectivity index (χ1v) is 8.58. The summed E-state index contributed by atoms with van der Waals surface area (Å²) in [7, 11) is 0. The molecule has 2 aliphatic rings. The smallest absolute Gasteiger partial charge is 0.135 e. The molecule has 0 aromatic carbocycles. The second kappa shape index (κ2) is 6.08. The molecule has 0 radical (unpaired) electrons. The third-order valence-electron chi connectivity index (χ3n) is 4.42. The summed E-state index contributed by atoms with van der Waals surface area (Å²) in [6, 6.07) is 0. The molecular formula is C16H23N3S. The maximum atomic E-state index is 5.83. The van der Waals surface area contributed by atoms with Crippen LogP contribution in [-0.4, -0.2) is 9.97 Å². The zero-order valence-corrected chi connectivity index (χ0v) is 13.0. The summed E-state index contributed by atoms with van der Waals surface area (Å²) < 4.78 is 0. The van der Waals surface area contributed by atoms with Gasteiger partial charge < -0.3 is 5.73 Å². The molecule has 0 unspecified atom stereocenters. The molecule has 0 atom stereocenters. The fourth-order valence-corrected chi connectivity index (χ4v) is 4.50. The Morgan fingerprint density at radius 2 is 1.90 bits per heavy atom. The van der Waals surface area contributed by atoms with Crippen LogP contribution in [-0.2, 0) is 12.8 Å². The number of hydrogen-bond acceptors (Lipinski definition) is 4. The van der Waals surface area contributed by atoms with Crippen LogP contribution in [0.5, 0.6) is 0 Å². The van der Waals surface area contributed by atoms with Crippen LogP contribution in [0.4, 0.5) is 5.82 Å². The van der Waals surface area contributed by atoms with Crippen molar-refractivity contribution in [2.45, 2.75) is 58.3 Å². The van der Waals surface area contributed by atoms with Crippen LogP contribution >= 0.6 is 11.3 Å². The zero-order chi connectivity index (χ0) is 13.9. The van der Waals surface area contributed by atoms with E-state index >= 15 is 0 Å². The van der Waals surface area contributed by atoms with Crippen molar-refractivity contribution >= 4 is 27.4 Å². The molecule has 108 valence electrons. The van der Waals surface area contributed by atoms with Crippen LogP contribution in [0.15, 0.2) is 6.33 Å². The number of thiophene rings is 1. The van der Waals surface area contributed by atoms with Gasteiger partial charge in [-0.2, -0.15) is 0 Å². The Hall–Kier alpha value is -1.16. The molecule has 1 fully saturated rings. The van der Waals surface area contributed by atoms with E-state index in [0.29, 0.717) is 5.82 Å². The van der Waals surface area contributed by atoms with E-state index in [1.54, 1.807) is 17.7 Å². The molecule has 3 nitrogen and oxygen atoms in total. The molecule has 0 aliphatic heterocycles. The molecule has 0 bridgehead atoms. The predicted octanol–water partition coefficient (Wildman–Crippen LogP) is 4.35. The van der Waals surface area contributed by atoms with Crippen LogP contribution in [0, 0.1) is 5.92 Å². The summed E-state index contributed by atoms with van der Waals surface area (Å²) in [5.74, 6) is 1.68. The van der Waals surface area contributed by atoms with Crippen molar-refractivity contribution in [1.82, 2.24) is 9.97 Å². The molecule has 20 heavy (non-hydrogen) atoms. The first kappa shape index (κ1) is 13.8. The van der Waals surface area contributed by atoms with E-state index in [-0.39, 0.29) is 0 Å². The highest BCUT2D eigenvalue weighted by atomic mass is 32.1. The minimum absolute atomic E-state index is 0.643. The molecule has 4 heteroatoms. The van der Waals surface area contributed by atoms with Gasteiger partial charge in [-0.1, -0.05) is 39.0 Å². The molecule has 4 rings (SSSR count). The summed E-state index contributed by atoms with van der Waals surface area (Å²) in [5, 5.41) is 1.11. The number of aromatic nitrogens is 2. The first-order chi connectivity index (χ1) is 9.75. The van der Waals surface area contributed by atoms with Gasteiger partial charge in [0, 0.05) is 4.88 Å². The van der Waals surface area contributed by atoms with E-state index in [4.69, 9.17) is 5.73 Å². The van der Waals surface area contributed by atoms with Crippen LogP contribution in [0.25, 0.3) is 10.2 Å². The molecule has 0 saturated heterocycles. The monoisotopic (exact) mass is 289 g/mol. The number of nitrogens with two attached hydrogens (primary N) is 1. The maximum absolute atomic E-state index is 5.83. The van der Waals surface area contributed by atoms with Crippen molar-refractivity contribution in [3.8, 4) is 0 Å². The molecule has 1 saturated carbocycles. The van der Waals surface area contributed by atoms with E-state index in [9.17, 15) is 0 Å². The SMILES string of the molecule is CC1CCCCC1.Nc1ncnc2sc3c(c12)CCC3. The highest BCUT2D eigenvalue weighted by Crippen LogP contribution is 2.37. The van der Waals surface area contributed by atoms with Gasteiger partial charge in [0.05, 0.1) is 5.39 Å². The fraction of sp³-hybridized carbons (Fsp3) is 0.625. The van der Waals surface area contributed by atoms with Gasteiger partial charge in [-0.25, -0.2) is 9.97 Å². The Morgan fingerprint density at radius 3 is 2.60 bits per heavy atom. The Labute approximate surface area is 124 Å². The molecule has 0 amide bonds. The Bertz CT molecular complexity index is 585. The normalized spacial score (nSPS) is 18.6. The number of fused-ring (bicyclic) bond motifs is 3. The van der Waals surface area contributed by atoms with E-state index in [0.717, 1.165) is 22.6 Å². The van der Waals surface area contributed by atoms with Gasteiger partial charge in [-0.15, -0.1) is 11.3 Å². The number of nitrogens with zero attached hydrogens (tertiary/aromatic N) is 2. The van der Waals surface area contributed by atoms with E-state index in [1.165, 1.54) is 55.4 Å². The molecule has 0 spiro atoms. The lowest BCUT2D eigenvalue weighted by atomic mass is 9.91. The molecule has 2 aliphatic carbocycles. The van der Waals surface area contributed by atoms with Gasteiger partial charge in [-0.3, -0.25) is 0 Å². The van der Waals surface area contributed by atoms with Gasteiger partial charge in [0.1, 0.15) is 17.0 Å². The highest BCUT2D eigenvalue weighted by Gasteiger charge is 2.19. The van der Waals surface area contributed by atoms with Crippen molar-refractivity contribution in [3.05, 3.63) is 16.8 Å². The number of hydrogen-bond donors (Lipinski definition) is 1. The lowest BCUT2D eigenvalue weighted by Crippen LogP contribution is -1.99. The standard InChI is InChI=1S/C9H9N3S.C7H14/c10-8-7-5-2-1-3-6(5)13-9(7)12-4-11-8;1-7-5-3-2-4-6-7/h4H,1-3H2,(H2,10,11,12);7H,2-6H2,1H3. The summed E-state index contributed by atoms with van der Waals surface area (Å²) in [6.45, 7) is 2.36. The first-order valence-electron chi connectivity index (χ1n) is 7.76. The average molecular weight is 289 g/mol. The van der Waals surface area contributed by atoms with Gasteiger partial charge in [0.25, 0.3) is 0 Å². The number of aryl methyl sites for hydroxylation is 2. The number of nitrogen functional groups attached to an aromatic ring is 1. The van der Waals surface area contributed by atoms with Gasteiger partial charge in [0.15, 0.2) is 0 Å². The third-order valence-corrected chi connectivity index (χ3v) is 5.62. The number of rotatable bonds is 0. The number of anilines is 1. The summed E-state index contributed by atoms with van der Waals surface area (Å²) in [6.07, 6.45) is 12.6. The van der Waals surface area contributed by atoms with Crippen molar-refractivity contribution < 1.29 is 0 Å². The van der Waals surface area contributed by atoms with Crippen molar-refractivity contribution in [2.24, 2.45) is 5.92 Å². The van der Waals surface area contributed by atoms with Crippen LogP contribution in [0.3, 0.4) is 0 Å². The average Bonchev–Trinajstić information content (AvgIpc) is 3.00. The summed E-state index contributed by atoms with van der Waals surface area (Å²) in [4.78, 5) is 10.8. The zero-order valence-electron chi connectivity index (χ0n) is 12.2.